The van der Waals surface area contributed by atoms with Crippen molar-refractivity contribution in [2.24, 2.45) is 5.73 Å². The predicted molar refractivity (Wildman–Crippen MR) is 51.3 cm³/mol. The van der Waals surface area contributed by atoms with Crippen LogP contribution in [0.4, 0.5) is 4.79 Å². The van der Waals surface area contributed by atoms with E-state index in [1.807, 2.05) is 0 Å². The van der Waals surface area contributed by atoms with Crippen LogP contribution in [0.2, 0.25) is 0 Å². The van der Waals surface area contributed by atoms with Crippen molar-refractivity contribution in [2.45, 2.75) is 45.2 Å². The Bertz CT molecular complexity index is 129. The van der Waals surface area contributed by atoms with Crippen LogP contribution in [0.25, 0.3) is 0 Å². The van der Waals surface area contributed by atoms with Crippen molar-refractivity contribution in [1.82, 2.24) is 5.32 Å². The Morgan fingerprint density at radius 1 is 1.42 bits per heavy atom. The standard InChI is InChI=1S/C7H15N.CH2ClNO/c1-6-4-3-5-7(2)8-6;2-1(3)4/h6-8H,3-5H2,1-2H3;(H2,3,4)/t6-,7+;. The molecule has 0 saturated carbocycles. The molecule has 3 N–H and O–H groups in total. The summed E-state index contributed by atoms with van der Waals surface area (Å²) in [6.07, 6.45) is 4.14. The Morgan fingerprint density at radius 3 is 1.92 bits per heavy atom. The van der Waals surface area contributed by atoms with Gasteiger partial charge in [0.25, 0.3) is 0 Å². The molecule has 1 aliphatic rings. The third kappa shape index (κ3) is 7.82. The predicted octanol–water partition coefficient (Wildman–Crippen LogP) is 1.84. The number of hydrogen-bond donors (Lipinski definition) is 2. The first kappa shape index (κ1) is 11.7. The first-order valence-corrected chi connectivity index (χ1v) is 4.61. The maximum absolute atomic E-state index is 8.99. The zero-order valence-electron chi connectivity index (χ0n) is 7.64. The molecule has 0 bridgehead atoms. The molecule has 12 heavy (non-hydrogen) atoms. The maximum Gasteiger partial charge on any atom is 0.311 e. The van der Waals surface area contributed by atoms with E-state index in [9.17, 15) is 0 Å². The molecule has 0 aliphatic carbocycles. The molecule has 0 aromatic carbocycles. The summed E-state index contributed by atoms with van der Waals surface area (Å²) in [6, 6.07) is 1.53. The molecule has 0 aromatic heterocycles. The summed E-state index contributed by atoms with van der Waals surface area (Å²) in [5.41, 5.74) is 4.24. The molecule has 0 radical (unpaired) electrons. The number of piperidine rings is 1. The van der Waals surface area contributed by atoms with E-state index in [2.05, 4.69) is 36.5 Å². The van der Waals surface area contributed by atoms with Gasteiger partial charge in [-0.3, -0.25) is 4.79 Å². The summed E-state index contributed by atoms with van der Waals surface area (Å²) in [4.78, 5) is 8.99. The van der Waals surface area contributed by atoms with Gasteiger partial charge >= 0.3 is 5.37 Å². The fourth-order valence-electron chi connectivity index (χ4n) is 1.38. The highest BCUT2D eigenvalue weighted by atomic mass is 35.5. The molecule has 72 valence electrons. The summed E-state index contributed by atoms with van der Waals surface area (Å²) >= 11 is 4.41. The number of carbonyl (C=O) groups excluding carboxylic acids is 1. The number of nitrogens with one attached hydrogen (secondary N) is 1. The zero-order chi connectivity index (χ0) is 9.56. The molecule has 1 amide bonds. The lowest BCUT2D eigenvalue weighted by Crippen LogP contribution is -2.38. The highest BCUT2D eigenvalue weighted by Gasteiger charge is 2.11. The first-order chi connectivity index (χ1) is 5.52. The highest BCUT2D eigenvalue weighted by Crippen LogP contribution is 2.10. The average Bonchev–Trinajstić information content (AvgIpc) is 1.84. The number of amides is 1. The fourth-order valence-corrected chi connectivity index (χ4v) is 1.38. The minimum atomic E-state index is -0.861. The summed E-state index contributed by atoms with van der Waals surface area (Å²) in [5.74, 6) is 0. The number of halogens is 1. The lowest BCUT2D eigenvalue weighted by Gasteiger charge is -2.25. The van der Waals surface area contributed by atoms with Crippen molar-refractivity contribution < 1.29 is 4.79 Å². The van der Waals surface area contributed by atoms with Crippen molar-refractivity contribution in [3.05, 3.63) is 0 Å². The fraction of sp³-hybridized carbons (Fsp3) is 0.875. The van der Waals surface area contributed by atoms with Crippen molar-refractivity contribution in [3.8, 4) is 0 Å². The lowest BCUT2D eigenvalue weighted by atomic mass is 10.0. The Morgan fingerprint density at radius 2 is 1.75 bits per heavy atom. The van der Waals surface area contributed by atoms with E-state index in [1.165, 1.54) is 19.3 Å². The van der Waals surface area contributed by atoms with Crippen molar-refractivity contribution >= 4 is 17.0 Å². The maximum atomic E-state index is 8.99. The summed E-state index contributed by atoms with van der Waals surface area (Å²) in [5, 5.41) is 2.62. The van der Waals surface area contributed by atoms with Gasteiger partial charge in [-0.1, -0.05) is 6.42 Å². The topological polar surface area (TPSA) is 55.1 Å². The second kappa shape index (κ2) is 6.26. The summed E-state index contributed by atoms with van der Waals surface area (Å²) in [6.45, 7) is 4.52. The molecule has 0 unspecified atom stereocenters. The van der Waals surface area contributed by atoms with Gasteiger partial charge in [0.15, 0.2) is 0 Å². The minimum Gasteiger partial charge on any atom is -0.356 e. The molecule has 1 fully saturated rings. The van der Waals surface area contributed by atoms with Gasteiger partial charge in [-0.2, -0.15) is 0 Å². The van der Waals surface area contributed by atoms with Crippen LogP contribution < -0.4 is 11.1 Å². The van der Waals surface area contributed by atoms with Crippen molar-refractivity contribution in [3.63, 3.8) is 0 Å². The second-order valence-corrected chi connectivity index (χ2v) is 3.58. The van der Waals surface area contributed by atoms with E-state index >= 15 is 0 Å². The van der Waals surface area contributed by atoms with E-state index in [-0.39, 0.29) is 0 Å². The molecular weight excluding hydrogens is 176 g/mol. The number of carbonyl (C=O) groups is 1. The average molecular weight is 193 g/mol. The Balaban J connectivity index is 0.000000261. The molecule has 3 nitrogen and oxygen atoms in total. The van der Waals surface area contributed by atoms with E-state index in [0.717, 1.165) is 12.1 Å². The van der Waals surface area contributed by atoms with Crippen LogP contribution >= 0.6 is 11.6 Å². The van der Waals surface area contributed by atoms with Gasteiger partial charge in [0.05, 0.1) is 0 Å². The van der Waals surface area contributed by atoms with Gasteiger partial charge in [-0.15, -0.1) is 0 Å². The van der Waals surface area contributed by atoms with Crippen LogP contribution in [0.5, 0.6) is 0 Å². The largest absolute Gasteiger partial charge is 0.356 e. The van der Waals surface area contributed by atoms with Crippen LogP contribution in [0.3, 0.4) is 0 Å². The Kier molecular flexibility index (Phi) is 6.11. The van der Waals surface area contributed by atoms with Gasteiger partial charge in [0, 0.05) is 12.1 Å². The number of rotatable bonds is 0. The Hall–Kier alpha value is -0.280. The van der Waals surface area contributed by atoms with Crippen LogP contribution in [0.15, 0.2) is 0 Å². The van der Waals surface area contributed by atoms with Gasteiger partial charge in [0.2, 0.25) is 0 Å². The van der Waals surface area contributed by atoms with E-state index in [4.69, 9.17) is 4.79 Å². The first-order valence-electron chi connectivity index (χ1n) is 4.23. The number of primary amides is 1. The third-order valence-electron chi connectivity index (χ3n) is 1.84. The van der Waals surface area contributed by atoms with E-state index < -0.39 is 5.37 Å². The molecule has 1 saturated heterocycles. The summed E-state index contributed by atoms with van der Waals surface area (Å²) in [7, 11) is 0. The highest BCUT2D eigenvalue weighted by molar-refractivity contribution is 6.62. The van der Waals surface area contributed by atoms with Gasteiger partial charge < -0.3 is 11.1 Å². The molecular formula is C8H17ClN2O. The Labute approximate surface area is 78.6 Å². The third-order valence-corrected chi connectivity index (χ3v) is 1.84. The molecule has 1 aliphatic heterocycles. The molecule has 4 heteroatoms. The molecule has 2 atom stereocenters. The van der Waals surface area contributed by atoms with Gasteiger partial charge in [0.1, 0.15) is 0 Å². The van der Waals surface area contributed by atoms with Crippen LogP contribution in [-0.4, -0.2) is 17.5 Å². The van der Waals surface area contributed by atoms with Crippen molar-refractivity contribution in [1.29, 1.82) is 0 Å². The molecule has 1 heterocycles. The zero-order valence-corrected chi connectivity index (χ0v) is 8.40. The molecule has 1 rings (SSSR count). The van der Waals surface area contributed by atoms with Crippen molar-refractivity contribution in [2.75, 3.05) is 0 Å². The monoisotopic (exact) mass is 192 g/mol. The normalized spacial score (nSPS) is 28.6. The minimum absolute atomic E-state index is 0.763. The van der Waals surface area contributed by atoms with Crippen LogP contribution in [-0.2, 0) is 0 Å². The second-order valence-electron chi connectivity index (χ2n) is 3.20. The van der Waals surface area contributed by atoms with Gasteiger partial charge in [-0.05, 0) is 38.3 Å². The number of hydrogen-bond acceptors (Lipinski definition) is 2. The van der Waals surface area contributed by atoms with E-state index in [1.54, 1.807) is 0 Å². The quantitative estimate of drug-likeness (QED) is 0.455. The van der Waals surface area contributed by atoms with Crippen LogP contribution in [0.1, 0.15) is 33.1 Å². The summed E-state index contributed by atoms with van der Waals surface area (Å²) < 4.78 is 0. The number of nitrogens with two attached hydrogens (primary N) is 1. The molecule has 0 spiro atoms. The smallest absolute Gasteiger partial charge is 0.311 e. The van der Waals surface area contributed by atoms with E-state index in [0.29, 0.717) is 0 Å². The van der Waals surface area contributed by atoms with Crippen LogP contribution in [0, 0.1) is 0 Å². The molecule has 0 aromatic rings. The lowest BCUT2D eigenvalue weighted by molar-refractivity contribution is 0.266. The SMILES string of the molecule is C[C@@H]1CCC[C@H](C)N1.NC(=O)Cl. The van der Waals surface area contributed by atoms with Gasteiger partial charge in [-0.25, -0.2) is 0 Å².